The van der Waals surface area contributed by atoms with Crippen LogP contribution < -0.4 is 5.32 Å². The molecule has 3 heteroatoms. The summed E-state index contributed by atoms with van der Waals surface area (Å²) in [6.07, 6.45) is 4.40. The summed E-state index contributed by atoms with van der Waals surface area (Å²) in [6.45, 7) is 8.72. The number of hydrogen-bond donors (Lipinski definition) is 1. The van der Waals surface area contributed by atoms with E-state index in [0.717, 1.165) is 32.4 Å². The minimum atomic E-state index is 0.120. The van der Waals surface area contributed by atoms with Crippen LogP contribution in [0.2, 0.25) is 0 Å². The normalized spacial score (nSPS) is 32.2. The third-order valence-corrected chi connectivity index (χ3v) is 3.85. The highest BCUT2D eigenvalue weighted by Crippen LogP contribution is 2.28. The van der Waals surface area contributed by atoms with Crippen molar-refractivity contribution in [2.24, 2.45) is 0 Å². The van der Waals surface area contributed by atoms with Crippen molar-refractivity contribution in [2.45, 2.75) is 64.1 Å². The van der Waals surface area contributed by atoms with Gasteiger partial charge in [-0.05, 0) is 59.5 Å². The third-order valence-electron chi connectivity index (χ3n) is 3.85. The highest BCUT2D eigenvalue weighted by atomic mass is 16.1. The van der Waals surface area contributed by atoms with Gasteiger partial charge >= 0.3 is 0 Å². The van der Waals surface area contributed by atoms with Gasteiger partial charge in [0.15, 0.2) is 5.78 Å². The first-order chi connectivity index (χ1) is 7.50. The highest BCUT2D eigenvalue weighted by Gasteiger charge is 2.40. The van der Waals surface area contributed by atoms with E-state index in [0.29, 0.717) is 5.78 Å². The predicted octanol–water partition coefficient (Wildman–Crippen LogP) is 1.57. The Bertz CT molecular complexity index is 264. The van der Waals surface area contributed by atoms with E-state index in [-0.39, 0.29) is 17.6 Å². The molecule has 0 spiro atoms. The van der Waals surface area contributed by atoms with Crippen LogP contribution in [0.5, 0.6) is 0 Å². The Morgan fingerprint density at radius 3 is 2.56 bits per heavy atom. The first-order valence-corrected chi connectivity index (χ1v) is 6.54. The van der Waals surface area contributed by atoms with Gasteiger partial charge in [0.25, 0.3) is 0 Å². The van der Waals surface area contributed by atoms with Crippen molar-refractivity contribution in [3.63, 3.8) is 0 Å². The molecular formula is C13H24N2O. The van der Waals surface area contributed by atoms with Gasteiger partial charge in [-0.2, -0.15) is 0 Å². The van der Waals surface area contributed by atoms with Gasteiger partial charge in [0, 0.05) is 5.54 Å². The Labute approximate surface area is 98.6 Å². The fraction of sp³-hybridized carbons (Fsp3) is 0.923. The largest absolute Gasteiger partial charge is 0.307 e. The molecule has 1 N–H and O–H groups in total. The van der Waals surface area contributed by atoms with Crippen molar-refractivity contribution in [3.05, 3.63) is 0 Å². The van der Waals surface area contributed by atoms with Crippen LogP contribution in [-0.4, -0.2) is 41.4 Å². The summed E-state index contributed by atoms with van der Waals surface area (Å²) in [7, 11) is 0. The zero-order chi connectivity index (χ0) is 11.8. The van der Waals surface area contributed by atoms with E-state index in [1.54, 1.807) is 0 Å². The fourth-order valence-electron chi connectivity index (χ4n) is 3.03. The number of carbonyl (C=O) groups excluding carboxylic acids is 1. The maximum absolute atomic E-state index is 12.4. The number of Topliss-reactive ketones (excluding diaryl/α,β-unsaturated/α-hetero) is 1. The molecule has 0 aromatic rings. The maximum Gasteiger partial charge on any atom is 0.166 e. The second kappa shape index (κ2) is 4.46. The number of carbonyl (C=O) groups is 1. The highest BCUT2D eigenvalue weighted by molar-refractivity contribution is 5.89. The molecular weight excluding hydrogens is 200 g/mol. The van der Waals surface area contributed by atoms with E-state index in [9.17, 15) is 4.79 Å². The molecule has 2 heterocycles. The van der Waals surface area contributed by atoms with Crippen molar-refractivity contribution in [2.75, 3.05) is 13.1 Å². The molecule has 2 rings (SSSR count). The summed E-state index contributed by atoms with van der Waals surface area (Å²) in [4.78, 5) is 14.8. The molecule has 92 valence electrons. The first-order valence-electron chi connectivity index (χ1n) is 6.54. The van der Waals surface area contributed by atoms with E-state index in [1.165, 1.54) is 6.42 Å². The first kappa shape index (κ1) is 12.1. The summed E-state index contributed by atoms with van der Waals surface area (Å²) in [5.41, 5.74) is 0.120. The van der Waals surface area contributed by atoms with Crippen LogP contribution in [0.15, 0.2) is 0 Å². The van der Waals surface area contributed by atoms with Gasteiger partial charge in [-0.25, -0.2) is 0 Å². The molecule has 2 aliphatic rings. The molecule has 1 unspecified atom stereocenters. The maximum atomic E-state index is 12.4. The van der Waals surface area contributed by atoms with Crippen molar-refractivity contribution in [1.82, 2.24) is 10.2 Å². The monoisotopic (exact) mass is 224 g/mol. The predicted molar refractivity (Wildman–Crippen MR) is 65.5 cm³/mol. The Morgan fingerprint density at radius 1 is 1.25 bits per heavy atom. The number of rotatable bonds is 2. The lowest BCUT2D eigenvalue weighted by molar-refractivity contribution is -0.126. The van der Waals surface area contributed by atoms with Gasteiger partial charge in [0.1, 0.15) is 0 Å². The lowest BCUT2D eigenvalue weighted by atomic mass is 9.98. The molecule has 0 aliphatic carbocycles. The molecule has 2 aliphatic heterocycles. The minimum absolute atomic E-state index is 0.120. The minimum Gasteiger partial charge on any atom is -0.307 e. The molecule has 0 aromatic carbocycles. The molecule has 0 bridgehead atoms. The number of nitrogens with one attached hydrogen (secondary N) is 1. The molecule has 2 fully saturated rings. The third kappa shape index (κ3) is 2.30. The molecule has 0 radical (unpaired) electrons. The standard InChI is InChI=1S/C13H24N2O/c1-13(2,3)15-9-5-7-11(15)12(16)10-6-4-8-14-10/h10-11,14H,4-9H2,1-3H3/t10?,11-/m0/s1. The molecule has 0 saturated carbocycles. The fourth-order valence-corrected chi connectivity index (χ4v) is 3.03. The smallest absolute Gasteiger partial charge is 0.166 e. The van der Waals surface area contributed by atoms with Crippen molar-refractivity contribution in [1.29, 1.82) is 0 Å². The van der Waals surface area contributed by atoms with Gasteiger partial charge in [-0.1, -0.05) is 0 Å². The number of nitrogens with zero attached hydrogens (tertiary/aromatic N) is 1. The van der Waals surface area contributed by atoms with Crippen LogP contribution >= 0.6 is 0 Å². The summed E-state index contributed by atoms with van der Waals surface area (Å²) in [5.74, 6) is 0.435. The zero-order valence-electron chi connectivity index (χ0n) is 10.8. The van der Waals surface area contributed by atoms with Crippen molar-refractivity contribution >= 4 is 5.78 Å². The Morgan fingerprint density at radius 2 is 2.00 bits per heavy atom. The second-order valence-corrected chi connectivity index (χ2v) is 6.07. The summed E-state index contributed by atoms with van der Waals surface area (Å²) < 4.78 is 0. The van der Waals surface area contributed by atoms with Crippen molar-refractivity contribution < 1.29 is 4.79 Å². The summed E-state index contributed by atoms with van der Waals surface area (Å²) in [5, 5.41) is 3.33. The van der Waals surface area contributed by atoms with Crippen LogP contribution in [-0.2, 0) is 4.79 Å². The van der Waals surface area contributed by atoms with E-state index in [4.69, 9.17) is 0 Å². The van der Waals surface area contributed by atoms with Crippen molar-refractivity contribution in [3.8, 4) is 0 Å². The molecule has 0 aromatic heterocycles. The molecule has 2 atom stereocenters. The SMILES string of the molecule is CC(C)(C)N1CCC[C@H]1C(=O)C1CCCN1. The summed E-state index contributed by atoms with van der Waals surface area (Å²) in [6, 6.07) is 0.295. The van der Waals surface area contributed by atoms with Crippen LogP contribution in [0.4, 0.5) is 0 Å². The van der Waals surface area contributed by atoms with Gasteiger partial charge in [0.2, 0.25) is 0 Å². The topological polar surface area (TPSA) is 32.3 Å². The van der Waals surface area contributed by atoms with E-state index in [2.05, 4.69) is 31.0 Å². The van der Waals surface area contributed by atoms with Crippen LogP contribution in [0.25, 0.3) is 0 Å². The van der Waals surface area contributed by atoms with E-state index in [1.807, 2.05) is 0 Å². The number of hydrogen-bond acceptors (Lipinski definition) is 3. The molecule has 16 heavy (non-hydrogen) atoms. The lowest BCUT2D eigenvalue weighted by Crippen LogP contribution is -2.51. The van der Waals surface area contributed by atoms with Gasteiger partial charge in [-0.3, -0.25) is 9.69 Å². The second-order valence-electron chi connectivity index (χ2n) is 6.07. The van der Waals surface area contributed by atoms with Gasteiger partial charge in [-0.15, -0.1) is 0 Å². The van der Waals surface area contributed by atoms with Crippen LogP contribution in [0.1, 0.15) is 46.5 Å². The summed E-state index contributed by atoms with van der Waals surface area (Å²) >= 11 is 0. The van der Waals surface area contributed by atoms with Gasteiger partial charge in [0.05, 0.1) is 12.1 Å². The molecule has 2 saturated heterocycles. The number of ketones is 1. The Hall–Kier alpha value is -0.410. The van der Waals surface area contributed by atoms with E-state index >= 15 is 0 Å². The lowest BCUT2D eigenvalue weighted by Gasteiger charge is -2.37. The quantitative estimate of drug-likeness (QED) is 0.773. The van der Waals surface area contributed by atoms with Crippen LogP contribution in [0.3, 0.4) is 0 Å². The number of likely N-dealkylation sites (tertiary alicyclic amines) is 1. The zero-order valence-corrected chi connectivity index (χ0v) is 10.8. The Kier molecular flexibility index (Phi) is 3.36. The van der Waals surface area contributed by atoms with E-state index < -0.39 is 0 Å². The van der Waals surface area contributed by atoms with Gasteiger partial charge < -0.3 is 5.32 Å². The van der Waals surface area contributed by atoms with Crippen LogP contribution in [0, 0.1) is 0 Å². The molecule has 3 nitrogen and oxygen atoms in total. The average Bonchev–Trinajstić information content (AvgIpc) is 2.87. The molecule has 0 amide bonds. The average molecular weight is 224 g/mol. The Balaban J connectivity index is 2.04.